The van der Waals surface area contributed by atoms with Crippen LogP contribution in [0.4, 0.5) is 0 Å². The summed E-state index contributed by atoms with van der Waals surface area (Å²) < 4.78 is 2.22. The Morgan fingerprint density at radius 2 is 0.750 bits per heavy atom. The van der Waals surface area contributed by atoms with Crippen molar-refractivity contribution in [2.24, 2.45) is 0 Å². The van der Waals surface area contributed by atoms with Gasteiger partial charge in [0.25, 0.3) is 0 Å². The highest BCUT2D eigenvalue weighted by molar-refractivity contribution is 14.1. The zero-order chi connectivity index (χ0) is 38.8. The Morgan fingerprint density at radius 3 is 1.16 bits per heavy atom. The van der Waals surface area contributed by atoms with E-state index in [0.717, 1.165) is 82.7 Å². The van der Waals surface area contributed by atoms with Crippen LogP contribution in [-0.4, -0.2) is 19.9 Å². The van der Waals surface area contributed by atoms with E-state index in [1.807, 2.05) is 0 Å². The molecule has 0 unspecified atom stereocenters. The number of benzene rings is 4. The number of hydrogen-bond acceptors (Lipinski definition) is 2. The summed E-state index contributed by atoms with van der Waals surface area (Å²) in [5, 5.41) is 0. The number of rotatable bonds is 4. The summed E-state index contributed by atoms with van der Waals surface area (Å²) in [7, 11) is 0. The van der Waals surface area contributed by atoms with Crippen LogP contribution in [0.25, 0.3) is 90.9 Å². The topological polar surface area (TPSA) is 57.4 Å². The number of halogens is 2. The Balaban J connectivity index is 1.51. The van der Waals surface area contributed by atoms with E-state index in [9.17, 15) is 0 Å². The van der Waals surface area contributed by atoms with Gasteiger partial charge in [-0.25, -0.2) is 9.97 Å². The van der Waals surface area contributed by atoms with E-state index < -0.39 is 0 Å². The molecule has 2 aliphatic heterocycles. The largest absolute Gasteiger partial charge is 0.354 e. The quantitative estimate of drug-likeness (QED) is 0.173. The van der Waals surface area contributed by atoms with Crippen LogP contribution in [0, 0.1) is 45.1 Å². The van der Waals surface area contributed by atoms with Crippen LogP contribution in [0.15, 0.2) is 102 Å². The van der Waals surface area contributed by atoms with Gasteiger partial charge in [0.15, 0.2) is 0 Å². The van der Waals surface area contributed by atoms with Gasteiger partial charge in [0.2, 0.25) is 0 Å². The molecule has 5 heterocycles. The lowest BCUT2D eigenvalue weighted by atomic mass is 9.92. The molecule has 4 aromatic carbocycles. The number of aromatic nitrogens is 4. The lowest BCUT2D eigenvalue weighted by Gasteiger charge is -2.13. The first kappa shape index (κ1) is 36.3. The maximum absolute atomic E-state index is 5.50. The van der Waals surface area contributed by atoms with Crippen molar-refractivity contribution >= 4 is 84.9 Å². The lowest BCUT2D eigenvalue weighted by Crippen LogP contribution is -1.95. The van der Waals surface area contributed by atoms with Gasteiger partial charge in [-0.15, -0.1) is 0 Å². The van der Waals surface area contributed by atoms with Gasteiger partial charge >= 0.3 is 0 Å². The Kier molecular flexibility index (Phi) is 9.29. The van der Waals surface area contributed by atoms with Gasteiger partial charge in [-0.3, -0.25) is 0 Å². The molecule has 274 valence electrons. The summed E-state index contributed by atoms with van der Waals surface area (Å²) in [6.45, 7) is 13.2. The van der Waals surface area contributed by atoms with Crippen molar-refractivity contribution in [1.82, 2.24) is 19.9 Å². The maximum Gasteiger partial charge on any atom is 0.0738 e. The fourth-order valence-electron chi connectivity index (χ4n) is 8.72. The van der Waals surface area contributed by atoms with E-state index in [-0.39, 0.29) is 0 Å². The van der Waals surface area contributed by atoms with Crippen LogP contribution in [0.3, 0.4) is 0 Å². The zero-order valence-electron chi connectivity index (χ0n) is 32.2. The third kappa shape index (κ3) is 6.48. The van der Waals surface area contributed by atoms with Gasteiger partial charge in [-0.1, -0.05) is 75.6 Å². The van der Waals surface area contributed by atoms with Crippen LogP contribution in [0.5, 0.6) is 0 Å². The van der Waals surface area contributed by atoms with E-state index in [2.05, 4.69) is 211 Å². The molecule has 2 N–H and O–H groups in total. The zero-order valence-corrected chi connectivity index (χ0v) is 35.9. The average molecular weight is 904 g/mol. The van der Waals surface area contributed by atoms with Gasteiger partial charge < -0.3 is 9.97 Å². The molecule has 3 aromatic heterocycles. The van der Waals surface area contributed by atoms with Gasteiger partial charge in [-0.2, -0.15) is 0 Å². The Labute approximate surface area is 349 Å². The second kappa shape index (κ2) is 14.3. The second-order valence-electron chi connectivity index (χ2n) is 15.1. The summed E-state index contributed by atoms with van der Waals surface area (Å²) in [6, 6.07) is 35.2. The standard InChI is InChI=1S/C50H40BrIN4/c1-27-23-29(3)45(30(4)24-27)49-41-19-15-37(53-41)47(33-7-11-35(51)12-8-33)38-16-20-42(54-38)50(46-31(5)25-28(2)26-32(46)6)44-22-18-40(56-44)48(39-17-21-43(49)55-39)34-9-13-36(52)14-10-34/h7-26,55-56H,1-6H3. The molecule has 9 rings (SSSR count). The van der Waals surface area contributed by atoms with Crippen LogP contribution < -0.4 is 0 Å². The number of nitrogens with zero attached hydrogens (tertiary/aromatic N) is 2. The molecule has 0 saturated carbocycles. The van der Waals surface area contributed by atoms with Crippen molar-refractivity contribution in [2.45, 2.75) is 41.5 Å². The summed E-state index contributed by atoms with van der Waals surface area (Å²) in [6.07, 6.45) is 8.64. The number of aromatic amines is 2. The summed E-state index contributed by atoms with van der Waals surface area (Å²) in [5.41, 5.74) is 23.8. The highest BCUT2D eigenvalue weighted by atomic mass is 127. The molecule has 56 heavy (non-hydrogen) atoms. The Bertz CT molecular complexity index is 2780. The SMILES string of the molecule is Cc1cc(C)c(-c2c3nc(c(-c4ccc(Br)cc4)c4nc(c(-c5c(C)cc(C)cc5C)c5ccc([nH]5)c(-c5ccc(I)cc5)c5ccc2[nH]5)C=C4)C=C3)c(C)c1. The molecule has 0 atom stereocenters. The van der Waals surface area contributed by atoms with Crippen molar-refractivity contribution < 1.29 is 0 Å². The molecular weight excluding hydrogens is 863 g/mol. The molecule has 4 nitrogen and oxygen atoms in total. The van der Waals surface area contributed by atoms with Crippen LogP contribution in [0.2, 0.25) is 0 Å². The number of nitrogens with one attached hydrogen (secondary N) is 2. The van der Waals surface area contributed by atoms with E-state index in [1.54, 1.807) is 0 Å². The minimum absolute atomic E-state index is 0.878. The van der Waals surface area contributed by atoms with E-state index >= 15 is 0 Å². The highest BCUT2D eigenvalue weighted by Gasteiger charge is 2.22. The van der Waals surface area contributed by atoms with Gasteiger partial charge in [0, 0.05) is 52.4 Å². The monoisotopic (exact) mass is 902 g/mol. The second-order valence-corrected chi connectivity index (χ2v) is 17.2. The molecular formula is C50H40BrIN4. The third-order valence-corrected chi connectivity index (χ3v) is 12.1. The van der Waals surface area contributed by atoms with Crippen LogP contribution in [0.1, 0.15) is 56.2 Å². The van der Waals surface area contributed by atoms with E-state index in [0.29, 0.717) is 0 Å². The first-order valence-electron chi connectivity index (χ1n) is 18.9. The predicted molar refractivity (Wildman–Crippen MR) is 249 cm³/mol. The number of hydrogen-bond donors (Lipinski definition) is 2. The van der Waals surface area contributed by atoms with Crippen molar-refractivity contribution in [3.8, 4) is 44.5 Å². The van der Waals surface area contributed by atoms with Gasteiger partial charge in [-0.05, 0) is 181 Å². The Hall–Kier alpha value is -5.31. The normalized spacial score (nSPS) is 12.1. The molecule has 2 aliphatic rings. The summed E-state index contributed by atoms with van der Waals surface area (Å²) in [4.78, 5) is 18.8. The molecule has 0 spiro atoms. The molecule has 0 fully saturated rings. The fourth-order valence-corrected chi connectivity index (χ4v) is 9.35. The van der Waals surface area contributed by atoms with Gasteiger partial charge in [0.05, 0.1) is 22.8 Å². The molecule has 7 aromatic rings. The molecule has 8 bridgehead atoms. The molecule has 0 radical (unpaired) electrons. The minimum Gasteiger partial charge on any atom is -0.354 e. The fraction of sp³-hybridized carbons (Fsp3) is 0.120. The van der Waals surface area contributed by atoms with Crippen molar-refractivity contribution in [2.75, 3.05) is 0 Å². The molecule has 0 saturated heterocycles. The molecule has 6 heteroatoms. The van der Waals surface area contributed by atoms with Gasteiger partial charge in [0.1, 0.15) is 0 Å². The van der Waals surface area contributed by atoms with Crippen molar-refractivity contribution in [3.63, 3.8) is 0 Å². The van der Waals surface area contributed by atoms with E-state index in [4.69, 9.17) is 9.97 Å². The Morgan fingerprint density at radius 1 is 0.411 bits per heavy atom. The third-order valence-electron chi connectivity index (χ3n) is 10.9. The van der Waals surface area contributed by atoms with Crippen molar-refractivity contribution in [3.05, 3.63) is 161 Å². The summed E-state index contributed by atoms with van der Waals surface area (Å²) >= 11 is 6.04. The lowest BCUT2D eigenvalue weighted by molar-refractivity contribution is 1.26. The van der Waals surface area contributed by atoms with Crippen molar-refractivity contribution in [1.29, 1.82) is 0 Å². The first-order valence-corrected chi connectivity index (χ1v) is 20.7. The summed E-state index contributed by atoms with van der Waals surface area (Å²) in [5.74, 6) is 0. The number of H-pyrrole nitrogens is 2. The average Bonchev–Trinajstić information content (AvgIpc) is 3.99. The smallest absolute Gasteiger partial charge is 0.0738 e. The first-order chi connectivity index (χ1) is 27.0. The minimum atomic E-state index is 0.878. The van der Waals surface area contributed by atoms with Crippen LogP contribution >= 0.6 is 38.5 Å². The predicted octanol–water partition coefficient (Wildman–Crippen LogP) is 14.5. The van der Waals surface area contributed by atoms with E-state index in [1.165, 1.54) is 48.1 Å². The maximum atomic E-state index is 5.50. The molecule has 0 amide bonds. The molecule has 0 aliphatic carbocycles. The van der Waals surface area contributed by atoms with Crippen LogP contribution in [-0.2, 0) is 0 Å². The number of aryl methyl sites for hydroxylation is 6. The highest BCUT2D eigenvalue weighted by Crippen LogP contribution is 2.41. The number of fused-ring (bicyclic) bond motifs is 8.